The minimum atomic E-state index is 0.409. The van der Waals surface area contributed by atoms with Gasteiger partial charge in [-0.1, -0.05) is 11.6 Å². The molecule has 3 aromatic heterocycles. The van der Waals surface area contributed by atoms with Crippen molar-refractivity contribution in [3.63, 3.8) is 0 Å². The van der Waals surface area contributed by atoms with Gasteiger partial charge in [0.25, 0.3) is 0 Å². The van der Waals surface area contributed by atoms with Crippen LogP contribution in [0.5, 0.6) is 0 Å². The maximum atomic E-state index is 5.89. The van der Waals surface area contributed by atoms with E-state index in [1.165, 1.54) is 0 Å². The molecule has 90 valence electrons. The Kier molecular flexibility index (Phi) is 2.76. The van der Waals surface area contributed by atoms with Crippen molar-refractivity contribution in [3.05, 3.63) is 40.0 Å². The van der Waals surface area contributed by atoms with Crippen LogP contribution in [0.25, 0.3) is 17.0 Å². The van der Waals surface area contributed by atoms with E-state index in [2.05, 4.69) is 36.1 Å². The molecule has 0 aromatic carbocycles. The van der Waals surface area contributed by atoms with Gasteiger partial charge in [-0.2, -0.15) is 0 Å². The van der Waals surface area contributed by atoms with Crippen LogP contribution in [0.2, 0.25) is 5.15 Å². The van der Waals surface area contributed by atoms with Gasteiger partial charge in [0.15, 0.2) is 11.5 Å². The molecule has 0 amide bonds. The Hall–Kier alpha value is -1.53. The van der Waals surface area contributed by atoms with Gasteiger partial charge in [0.2, 0.25) is 0 Å². The lowest BCUT2D eigenvalue weighted by molar-refractivity contribution is 0.987. The fourth-order valence-electron chi connectivity index (χ4n) is 1.77. The molecule has 0 N–H and O–H groups in total. The van der Waals surface area contributed by atoms with Crippen LogP contribution in [0.1, 0.15) is 5.82 Å². The number of hydrogen-bond acceptors (Lipinski definition) is 4. The lowest BCUT2D eigenvalue weighted by Gasteiger charge is -2.03. The van der Waals surface area contributed by atoms with Gasteiger partial charge in [0, 0.05) is 28.5 Å². The second-order valence-electron chi connectivity index (χ2n) is 3.74. The highest BCUT2D eigenvalue weighted by Crippen LogP contribution is 2.22. The molecule has 0 bridgehead atoms. The highest BCUT2D eigenvalue weighted by molar-refractivity contribution is 9.10. The highest BCUT2D eigenvalue weighted by atomic mass is 79.9. The molecule has 18 heavy (non-hydrogen) atoms. The highest BCUT2D eigenvalue weighted by Gasteiger charge is 2.12. The van der Waals surface area contributed by atoms with Gasteiger partial charge in [0.1, 0.15) is 11.0 Å². The first-order valence-electron chi connectivity index (χ1n) is 5.14. The fraction of sp³-hybridized carbons (Fsp3) is 0.0909. The maximum Gasteiger partial charge on any atom is 0.171 e. The normalized spacial score (nSPS) is 11.1. The summed E-state index contributed by atoms with van der Waals surface area (Å²) in [7, 11) is 0. The summed E-state index contributed by atoms with van der Waals surface area (Å²) in [4.78, 5) is 8.32. The first kappa shape index (κ1) is 11.6. The maximum absolute atomic E-state index is 5.89. The second kappa shape index (κ2) is 4.29. The third-order valence-electron chi connectivity index (χ3n) is 2.49. The van der Waals surface area contributed by atoms with E-state index in [0.29, 0.717) is 16.6 Å². The average Bonchev–Trinajstić information content (AvgIpc) is 2.72. The smallest absolute Gasteiger partial charge is 0.171 e. The van der Waals surface area contributed by atoms with Crippen LogP contribution in [0.3, 0.4) is 0 Å². The lowest BCUT2D eigenvalue weighted by Crippen LogP contribution is -1.98. The quantitative estimate of drug-likeness (QED) is 0.646. The molecule has 0 saturated heterocycles. The Balaban J connectivity index is 2.31. The number of pyridine rings is 1. The first-order chi connectivity index (χ1) is 8.65. The number of aromatic nitrogens is 5. The van der Waals surface area contributed by atoms with Crippen molar-refractivity contribution in [1.29, 1.82) is 0 Å². The minimum Gasteiger partial charge on any atom is -0.263 e. The van der Waals surface area contributed by atoms with Crippen molar-refractivity contribution < 1.29 is 0 Å². The van der Waals surface area contributed by atoms with Crippen LogP contribution in [0, 0.1) is 6.92 Å². The van der Waals surface area contributed by atoms with Crippen LogP contribution in [-0.2, 0) is 0 Å². The minimum absolute atomic E-state index is 0.409. The topological polar surface area (TPSA) is 56.0 Å². The Morgan fingerprint density at radius 1 is 1.22 bits per heavy atom. The molecule has 0 spiro atoms. The third-order valence-corrected chi connectivity index (χ3v) is 3.12. The Labute approximate surface area is 116 Å². The van der Waals surface area contributed by atoms with Crippen LogP contribution in [0.4, 0.5) is 0 Å². The summed E-state index contributed by atoms with van der Waals surface area (Å²) < 4.78 is 2.73. The number of rotatable bonds is 1. The van der Waals surface area contributed by atoms with E-state index in [1.807, 2.05) is 17.4 Å². The van der Waals surface area contributed by atoms with Crippen molar-refractivity contribution in [3.8, 4) is 11.4 Å². The van der Waals surface area contributed by atoms with E-state index < -0.39 is 0 Å². The van der Waals surface area contributed by atoms with Crippen molar-refractivity contribution >= 4 is 33.2 Å². The standard InChI is InChI=1S/C11H7BrClN5/c1-6-15-9(13)3-10-16-17-11(18(6)10)7-2-8(12)5-14-4-7/h2-5H,1H3. The zero-order valence-electron chi connectivity index (χ0n) is 9.30. The SMILES string of the molecule is Cc1nc(Cl)cc2nnc(-c3cncc(Br)c3)n12. The van der Waals surface area contributed by atoms with Crippen molar-refractivity contribution in [1.82, 2.24) is 24.6 Å². The summed E-state index contributed by atoms with van der Waals surface area (Å²) in [6.07, 6.45) is 3.45. The molecule has 0 saturated carbocycles. The molecule has 3 aromatic rings. The lowest BCUT2D eigenvalue weighted by atomic mass is 10.3. The molecule has 0 fully saturated rings. The van der Waals surface area contributed by atoms with Gasteiger partial charge in [-0.25, -0.2) is 4.98 Å². The summed E-state index contributed by atoms with van der Waals surface area (Å²) in [5.41, 5.74) is 1.53. The monoisotopic (exact) mass is 323 g/mol. The fourth-order valence-corrected chi connectivity index (χ4v) is 2.36. The zero-order valence-corrected chi connectivity index (χ0v) is 11.6. The Morgan fingerprint density at radius 2 is 2.06 bits per heavy atom. The van der Waals surface area contributed by atoms with E-state index in [-0.39, 0.29) is 0 Å². The van der Waals surface area contributed by atoms with Gasteiger partial charge < -0.3 is 0 Å². The predicted molar refractivity (Wildman–Crippen MR) is 71.5 cm³/mol. The first-order valence-corrected chi connectivity index (χ1v) is 6.31. The summed E-state index contributed by atoms with van der Waals surface area (Å²) in [5.74, 6) is 1.43. The number of aryl methyl sites for hydroxylation is 1. The van der Waals surface area contributed by atoms with Crippen molar-refractivity contribution in [2.45, 2.75) is 6.92 Å². The Bertz CT molecular complexity index is 739. The molecule has 0 unspecified atom stereocenters. The summed E-state index contributed by atoms with van der Waals surface area (Å²) in [6, 6.07) is 3.61. The number of hydrogen-bond donors (Lipinski definition) is 0. The third kappa shape index (κ3) is 1.87. The van der Waals surface area contributed by atoms with Gasteiger partial charge >= 0.3 is 0 Å². The molecular weight excluding hydrogens is 318 g/mol. The van der Waals surface area contributed by atoms with E-state index in [1.54, 1.807) is 18.5 Å². The van der Waals surface area contributed by atoms with Gasteiger partial charge in [-0.15, -0.1) is 10.2 Å². The summed E-state index contributed by atoms with van der Waals surface area (Å²) in [5, 5.41) is 8.66. The zero-order chi connectivity index (χ0) is 12.7. The van der Waals surface area contributed by atoms with Gasteiger partial charge in [-0.3, -0.25) is 9.38 Å². The van der Waals surface area contributed by atoms with E-state index in [4.69, 9.17) is 11.6 Å². The van der Waals surface area contributed by atoms with Crippen molar-refractivity contribution in [2.24, 2.45) is 0 Å². The largest absolute Gasteiger partial charge is 0.263 e. The molecule has 5 nitrogen and oxygen atoms in total. The summed E-state index contributed by atoms with van der Waals surface area (Å²) >= 11 is 9.28. The van der Waals surface area contributed by atoms with Crippen molar-refractivity contribution in [2.75, 3.05) is 0 Å². The molecule has 3 heterocycles. The molecule has 0 radical (unpaired) electrons. The molecular formula is C11H7BrClN5. The van der Waals surface area contributed by atoms with Crippen LogP contribution in [-0.4, -0.2) is 24.6 Å². The van der Waals surface area contributed by atoms with Gasteiger partial charge in [0.05, 0.1) is 0 Å². The summed E-state index contributed by atoms with van der Waals surface area (Å²) in [6.45, 7) is 1.86. The van der Waals surface area contributed by atoms with E-state index in [0.717, 1.165) is 15.9 Å². The number of fused-ring (bicyclic) bond motifs is 1. The molecule has 3 rings (SSSR count). The van der Waals surface area contributed by atoms with E-state index in [9.17, 15) is 0 Å². The number of halogens is 2. The second-order valence-corrected chi connectivity index (χ2v) is 5.04. The Morgan fingerprint density at radius 3 is 2.83 bits per heavy atom. The van der Waals surface area contributed by atoms with Crippen LogP contribution < -0.4 is 0 Å². The molecule has 0 aliphatic rings. The van der Waals surface area contributed by atoms with E-state index >= 15 is 0 Å². The molecule has 0 aliphatic heterocycles. The van der Waals surface area contributed by atoms with Crippen LogP contribution >= 0.6 is 27.5 Å². The number of nitrogens with zero attached hydrogens (tertiary/aromatic N) is 5. The molecule has 0 aliphatic carbocycles. The predicted octanol–water partition coefficient (Wildman–Crippen LogP) is 2.91. The molecule has 0 atom stereocenters. The van der Waals surface area contributed by atoms with Crippen LogP contribution in [0.15, 0.2) is 29.0 Å². The van der Waals surface area contributed by atoms with Gasteiger partial charge in [-0.05, 0) is 28.9 Å². The molecule has 7 heteroatoms. The average molecular weight is 325 g/mol.